The highest BCUT2D eigenvalue weighted by molar-refractivity contribution is 6.47. The zero-order chi connectivity index (χ0) is 19.6. The van der Waals surface area contributed by atoms with Crippen LogP contribution in [0.3, 0.4) is 0 Å². The molecule has 3 atom stereocenters. The first-order valence-corrected chi connectivity index (χ1v) is 9.39. The van der Waals surface area contributed by atoms with E-state index < -0.39 is 7.12 Å². The third kappa shape index (κ3) is 4.58. The zero-order valence-electron chi connectivity index (χ0n) is 15.9. The molecule has 0 bridgehead atoms. The minimum atomic E-state index is -1.09. The van der Waals surface area contributed by atoms with Crippen molar-refractivity contribution in [2.75, 3.05) is 26.7 Å². The average molecular weight is 374 g/mol. The predicted molar refractivity (Wildman–Crippen MR) is 102 cm³/mol. The highest BCUT2D eigenvalue weighted by Crippen LogP contribution is 2.36. The standard InChI is InChI=1S/C19H27BN2O5/c1-12(23)16-5-3-4-13-8-14(20(25)27-19(13)16)9-15(24)10-22-7-6-17(21)18(11-22)26-2/h3-5,14,17-18,25H,6-11,21H2,1-2H3/t14-,17?,18?/m1/s1. The van der Waals surface area contributed by atoms with Crippen LogP contribution in [0.25, 0.3) is 0 Å². The van der Waals surface area contributed by atoms with E-state index in [1.54, 1.807) is 19.2 Å². The van der Waals surface area contributed by atoms with Gasteiger partial charge in [0.2, 0.25) is 0 Å². The number of piperidine rings is 1. The monoisotopic (exact) mass is 374 g/mol. The summed E-state index contributed by atoms with van der Waals surface area (Å²) in [5, 5.41) is 10.4. The van der Waals surface area contributed by atoms with Gasteiger partial charge in [0, 0.05) is 38.5 Å². The van der Waals surface area contributed by atoms with Crippen LogP contribution in [0.2, 0.25) is 5.82 Å². The van der Waals surface area contributed by atoms with Crippen LogP contribution >= 0.6 is 0 Å². The molecule has 2 heterocycles. The largest absolute Gasteiger partial charge is 0.535 e. The third-order valence-corrected chi connectivity index (χ3v) is 5.49. The number of ketones is 2. The van der Waals surface area contributed by atoms with Crippen molar-refractivity contribution < 1.29 is 24.0 Å². The topological polar surface area (TPSA) is 102 Å². The van der Waals surface area contributed by atoms with Crippen molar-refractivity contribution in [1.82, 2.24) is 4.90 Å². The number of para-hydroxylation sites is 1. The lowest BCUT2D eigenvalue weighted by atomic mass is 9.64. The maximum absolute atomic E-state index is 12.6. The number of rotatable bonds is 6. The normalized spacial score (nSPS) is 25.6. The molecule has 146 valence electrons. The molecular formula is C19H27BN2O5. The molecule has 8 heteroatoms. The lowest BCUT2D eigenvalue weighted by Crippen LogP contribution is -2.52. The second-order valence-corrected chi connectivity index (χ2v) is 7.53. The predicted octanol–water partition coefficient (Wildman–Crippen LogP) is 0.682. The molecule has 0 radical (unpaired) electrons. The first-order chi connectivity index (χ1) is 12.9. The molecule has 0 amide bonds. The molecule has 3 N–H and O–H groups in total. The minimum absolute atomic E-state index is 0.00175. The van der Waals surface area contributed by atoms with E-state index in [0.29, 0.717) is 30.8 Å². The van der Waals surface area contributed by atoms with Crippen molar-refractivity contribution in [2.45, 2.75) is 44.1 Å². The lowest BCUT2D eigenvalue weighted by Gasteiger charge is -2.36. The summed E-state index contributed by atoms with van der Waals surface area (Å²) in [5.74, 6) is 0.0651. The Hall–Kier alpha value is -1.74. The summed E-state index contributed by atoms with van der Waals surface area (Å²) in [7, 11) is 0.543. The molecule has 0 saturated carbocycles. The Morgan fingerprint density at radius 1 is 1.44 bits per heavy atom. The number of nitrogens with zero attached hydrogens (tertiary/aromatic N) is 1. The number of likely N-dealkylation sites (tertiary alicyclic amines) is 1. The number of hydrogen-bond acceptors (Lipinski definition) is 7. The summed E-state index contributed by atoms with van der Waals surface area (Å²) >= 11 is 0. The number of fused-ring (bicyclic) bond motifs is 1. The molecule has 0 aromatic heterocycles. The van der Waals surface area contributed by atoms with E-state index >= 15 is 0 Å². The third-order valence-electron chi connectivity index (χ3n) is 5.49. The zero-order valence-corrected chi connectivity index (χ0v) is 15.9. The highest BCUT2D eigenvalue weighted by Gasteiger charge is 2.38. The van der Waals surface area contributed by atoms with Gasteiger partial charge < -0.3 is 20.1 Å². The van der Waals surface area contributed by atoms with Crippen LogP contribution in [0.1, 0.15) is 35.7 Å². The number of ether oxygens (including phenoxy) is 1. The second kappa shape index (κ2) is 8.52. The molecule has 3 rings (SSSR count). The van der Waals surface area contributed by atoms with E-state index in [-0.39, 0.29) is 36.0 Å². The molecule has 1 aromatic rings. The fraction of sp³-hybridized carbons (Fsp3) is 0.579. The van der Waals surface area contributed by atoms with E-state index in [0.717, 1.165) is 18.5 Å². The van der Waals surface area contributed by atoms with Crippen molar-refractivity contribution in [2.24, 2.45) is 5.73 Å². The van der Waals surface area contributed by atoms with Crippen molar-refractivity contribution in [3.05, 3.63) is 29.3 Å². The van der Waals surface area contributed by atoms with Gasteiger partial charge in [0.25, 0.3) is 0 Å². The summed E-state index contributed by atoms with van der Waals surface area (Å²) in [6, 6.07) is 5.37. The number of methoxy groups -OCH3 is 1. The summed E-state index contributed by atoms with van der Waals surface area (Å²) in [6.45, 7) is 3.19. The van der Waals surface area contributed by atoms with Crippen molar-refractivity contribution in [1.29, 1.82) is 0 Å². The number of carbonyl (C=O) groups is 2. The molecule has 2 aliphatic rings. The van der Waals surface area contributed by atoms with E-state index in [2.05, 4.69) is 4.90 Å². The van der Waals surface area contributed by atoms with Gasteiger partial charge in [0.05, 0.1) is 18.2 Å². The lowest BCUT2D eigenvalue weighted by molar-refractivity contribution is -0.121. The van der Waals surface area contributed by atoms with Gasteiger partial charge >= 0.3 is 7.12 Å². The molecule has 0 aliphatic carbocycles. The smallest absolute Gasteiger partial charge is 0.526 e. The van der Waals surface area contributed by atoms with Crippen LogP contribution in [0.4, 0.5) is 0 Å². The molecular weight excluding hydrogens is 347 g/mol. The molecule has 7 nitrogen and oxygen atoms in total. The van der Waals surface area contributed by atoms with Crippen LogP contribution in [0.15, 0.2) is 18.2 Å². The van der Waals surface area contributed by atoms with Crippen molar-refractivity contribution in [3.63, 3.8) is 0 Å². The summed E-state index contributed by atoms with van der Waals surface area (Å²) in [5.41, 5.74) is 7.34. The Balaban J connectivity index is 1.60. The number of nitrogens with two attached hydrogens (primary N) is 1. The maximum Gasteiger partial charge on any atom is 0.526 e. The number of Topliss-reactive ketones (excluding diaryl/α,β-unsaturated/α-hetero) is 2. The Labute approximate surface area is 160 Å². The molecule has 2 unspecified atom stereocenters. The van der Waals surface area contributed by atoms with Crippen molar-refractivity contribution in [3.8, 4) is 5.75 Å². The van der Waals surface area contributed by atoms with Gasteiger partial charge in [-0.15, -0.1) is 0 Å². The minimum Gasteiger partial charge on any atom is -0.535 e. The average Bonchev–Trinajstić information content (AvgIpc) is 2.63. The van der Waals surface area contributed by atoms with Gasteiger partial charge in [0.15, 0.2) is 5.78 Å². The Kier molecular flexibility index (Phi) is 6.31. The van der Waals surface area contributed by atoms with E-state index in [1.165, 1.54) is 6.92 Å². The number of carbonyl (C=O) groups excluding carboxylic acids is 2. The first-order valence-electron chi connectivity index (χ1n) is 9.39. The molecule has 1 aromatic carbocycles. The van der Waals surface area contributed by atoms with Gasteiger partial charge in [-0.05, 0) is 31.4 Å². The molecule has 1 saturated heterocycles. The van der Waals surface area contributed by atoms with Gasteiger partial charge in [-0.3, -0.25) is 14.5 Å². The Bertz CT molecular complexity index is 713. The van der Waals surface area contributed by atoms with E-state index in [9.17, 15) is 14.6 Å². The Morgan fingerprint density at radius 3 is 2.93 bits per heavy atom. The molecule has 27 heavy (non-hydrogen) atoms. The molecule has 0 spiro atoms. The number of benzene rings is 1. The van der Waals surface area contributed by atoms with Crippen LogP contribution in [0, 0.1) is 0 Å². The summed E-state index contributed by atoms with van der Waals surface area (Å²) in [4.78, 5) is 26.3. The number of hydrogen-bond donors (Lipinski definition) is 2. The van der Waals surface area contributed by atoms with E-state index in [4.69, 9.17) is 15.1 Å². The Morgan fingerprint density at radius 2 is 2.22 bits per heavy atom. The fourth-order valence-corrected chi connectivity index (χ4v) is 3.93. The van der Waals surface area contributed by atoms with Crippen molar-refractivity contribution >= 4 is 18.7 Å². The van der Waals surface area contributed by atoms with Gasteiger partial charge in [-0.1, -0.05) is 12.1 Å². The van der Waals surface area contributed by atoms with Gasteiger partial charge in [0.1, 0.15) is 11.5 Å². The first kappa shape index (κ1) is 20.0. The van der Waals surface area contributed by atoms with E-state index in [1.807, 2.05) is 6.07 Å². The molecule has 1 fully saturated rings. The fourth-order valence-electron chi connectivity index (χ4n) is 3.93. The van der Waals surface area contributed by atoms with Crippen LogP contribution < -0.4 is 10.4 Å². The second-order valence-electron chi connectivity index (χ2n) is 7.53. The quantitative estimate of drug-likeness (QED) is 0.558. The van der Waals surface area contributed by atoms with Crippen LogP contribution in [0.5, 0.6) is 5.75 Å². The molecule has 2 aliphatic heterocycles. The summed E-state index contributed by atoms with van der Waals surface area (Å²) < 4.78 is 11.0. The van der Waals surface area contributed by atoms with Gasteiger partial charge in [-0.2, -0.15) is 0 Å². The van der Waals surface area contributed by atoms with Crippen LogP contribution in [-0.4, -0.2) is 67.5 Å². The maximum atomic E-state index is 12.6. The highest BCUT2D eigenvalue weighted by atomic mass is 16.5. The SMILES string of the molecule is COC1CN(CC(=O)C[C@H]2Cc3cccc(C(C)=O)c3OB2O)CCC1N. The van der Waals surface area contributed by atoms with Gasteiger partial charge in [-0.25, -0.2) is 0 Å². The van der Waals surface area contributed by atoms with Crippen LogP contribution in [-0.2, 0) is 16.0 Å². The summed E-state index contributed by atoms with van der Waals surface area (Å²) in [6.07, 6.45) is 1.47.